The third-order valence-electron chi connectivity index (χ3n) is 4.00. The van der Waals surface area contributed by atoms with Gasteiger partial charge in [-0.3, -0.25) is 9.69 Å². The van der Waals surface area contributed by atoms with E-state index in [-0.39, 0.29) is 22.3 Å². The largest absolute Gasteiger partial charge is 0.351 e. The van der Waals surface area contributed by atoms with E-state index < -0.39 is 19.7 Å². The Labute approximate surface area is 142 Å². The SMILES string of the molecule is Cc1ccc(C(=O)NCCN2CCS(=O)(=O)CC2)cc1S(C)(=O)=O. The van der Waals surface area contributed by atoms with E-state index in [1.54, 1.807) is 19.1 Å². The number of nitrogens with zero attached hydrogens (tertiary/aromatic N) is 1. The molecule has 0 radical (unpaired) electrons. The molecule has 2 rings (SSSR count). The van der Waals surface area contributed by atoms with Crippen LogP contribution in [0.1, 0.15) is 15.9 Å². The maximum atomic E-state index is 12.2. The molecule has 1 aliphatic heterocycles. The molecule has 1 N–H and O–H groups in total. The standard InChI is InChI=1S/C15H22N2O5S2/c1-12-3-4-13(11-14(12)23(2,19)20)15(18)16-5-6-17-7-9-24(21,22)10-8-17/h3-4,11H,5-10H2,1-2H3,(H,16,18). The number of carbonyl (C=O) groups excluding carboxylic acids is 1. The van der Waals surface area contributed by atoms with Crippen molar-refractivity contribution in [2.24, 2.45) is 0 Å². The molecule has 0 saturated carbocycles. The minimum absolute atomic E-state index is 0.149. The number of amides is 1. The van der Waals surface area contributed by atoms with Gasteiger partial charge in [0.1, 0.15) is 0 Å². The van der Waals surface area contributed by atoms with Gasteiger partial charge in [-0.1, -0.05) is 6.07 Å². The molecular weight excluding hydrogens is 352 g/mol. The van der Waals surface area contributed by atoms with Gasteiger partial charge in [0, 0.05) is 38.0 Å². The van der Waals surface area contributed by atoms with Crippen LogP contribution in [-0.4, -0.2) is 71.6 Å². The highest BCUT2D eigenvalue weighted by Crippen LogP contribution is 2.17. The van der Waals surface area contributed by atoms with Crippen molar-refractivity contribution in [3.63, 3.8) is 0 Å². The van der Waals surface area contributed by atoms with E-state index in [1.807, 2.05) is 4.90 Å². The highest BCUT2D eigenvalue weighted by molar-refractivity contribution is 7.91. The van der Waals surface area contributed by atoms with E-state index in [0.29, 0.717) is 37.3 Å². The number of benzene rings is 1. The monoisotopic (exact) mass is 374 g/mol. The summed E-state index contributed by atoms with van der Waals surface area (Å²) in [6, 6.07) is 4.58. The third kappa shape index (κ3) is 5.02. The zero-order valence-electron chi connectivity index (χ0n) is 13.8. The van der Waals surface area contributed by atoms with Crippen molar-refractivity contribution in [1.29, 1.82) is 0 Å². The van der Waals surface area contributed by atoms with Crippen LogP contribution in [0.5, 0.6) is 0 Å². The fourth-order valence-corrected chi connectivity index (χ4v) is 4.82. The highest BCUT2D eigenvalue weighted by Gasteiger charge is 2.21. The number of hydrogen-bond acceptors (Lipinski definition) is 6. The van der Waals surface area contributed by atoms with Gasteiger partial charge in [-0.15, -0.1) is 0 Å². The molecule has 1 aromatic rings. The van der Waals surface area contributed by atoms with Gasteiger partial charge >= 0.3 is 0 Å². The molecule has 1 heterocycles. The van der Waals surface area contributed by atoms with Crippen molar-refractivity contribution in [1.82, 2.24) is 10.2 Å². The molecule has 24 heavy (non-hydrogen) atoms. The quantitative estimate of drug-likeness (QED) is 0.770. The van der Waals surface area contributed by atoms with Crippen LogP contribution < -0.4 is 5.32 Å². The molecule has 0 aromatic heterocycles. The van der Waals surface area contributed by atoms with Crippen molar-refractivity contribution >= 4 is 25.6 Å². The van der Waals surface area contributed by atoms with Crippen LogP contribution in [0.15, 0.2) is 23.1 Å². The maximum absolute atomic E-state index is 12.2. The number of sulfone groups is 2. The fourth-order valence-electron chi connectivity index (χ4n) is 2.54. The average Bonchev–Trinajstić information content (AvgIpc) is 2.48. The molecule has 0 aliphatic carbocycles. The van der Waals surface area contributed by atoms with Gasteiger partial charge in [-0.2, -0.15) is 0 Å². The van der Waals surface area contributed by atoms with Gasteiger partial charge in [0.15, 0.2) is 19.7 Å². The molecule has 0 spiro atoms. The predicted molar refractivity (Wildman–Crippen MR) is 91.7 cm³/mol. The Morgan fingerprint density at radius 2 is 1.88 bits per heavy atom. The summed E-state index contributed by atoms with van der Waals surface area (Å²) in [5.41, 5.74) is 0.894. The first kappa shape index (κ1) is 18.9. The van der Waals surface area contributed by atoms with Crippen molar-refractivity contribution in [2.75, 3.05) is 43.9 Å². The van der Waals surface area contributed by atoms with E-state index in [0.717, 1.165) is 6.26 Å². The summed E-state index contributed by atoms with van der Waals surface area (Å²) >= 11 is 0. The second-order valence-corrected chi connectivity index (χ2v) is 10.3. The van der Waals surface area contributed by atoms with Gasteiger partial charge in [0.2, 0.25) is 0 Å². The van der Waals surface area contributed by atoms with Gasteiger partial charge in [-0.25, -0.2) is 16.8 Å². The molecule has 0 bridgehead atoms. The first-order valence-electron chi connectivity index (χ1n) is 7.60. The molecule has 1 aliphatic rings. The fraction of sp³-hybridized carbons (Fsp3) is 0.533. The van der Waals surface area contributed by atoms with Gasteiger partial charge in [0.05, 0.1) is 16.4 Å². The van der Waals surface area contributed by atoms with Crippen LogP contribution in [0, 0.1) is 6.92 Å². The lowest BCUT2D eigenvalue weighted by molar-refractivity contribution is 0.0948. The molecule has 0 atom stereocenters. The molecule has 1 amide bonds. The summed E-state index contributed by atoms with van der Waals surface area (Å²) in [6.45, 7) is 3.57. The summed E-state index contributed by atoms with van der Waals surface area (Å²) in [4.78, 5) is 14.3. The number of hydrogen-bond donors (Lipinski definition) is 1. The Hall–Kier alpha value is -1.45. The number of rotatable bonds is 5. The topological polar surface area (TPSA) is 101 Å². The molecule has 1 aromatic carbocycles. The Morgan fingerprint density at radius 3 is 2.46 bits per heavy atom. The summed E-state index contributed by atoms with van der Waals surface area (Å²) < 4.78 is 46.1. The van der Waals surface area contributed by atoms with Crippen LogP contribution in [-0.2, 0) is 19.7 Å². The van der Waals surface area contributed by atoms with E-state index in [2.05, 4.69) is 5.32 Å². The summed E-state index contributed by atoms with van der Waals surface area (Å²) in [5, 5.41) is 2.74. The zero-order chi connectivity index (χ0) is 18.0. The summed E-state index contributed by atoms with van der Waals surface area (Å²) in [6.07, 6.45) is 1.11. The molecule has 7 nitrogen and oxygen atoms in total. The second-order valence-electron chi connectivity index (χ2n) is 6.00. The van der Waals surface area contributed by atoms with Gasteiger partial charge < -0.3 is 5.32 Å². The molecule has 1 fully saturated rings. The van der Waals surface area contributed by atoms with E-state index >= 15 is 0 Å². The first-order valence-corrected chi connectivity index (χ1v) is 11.3. The summed E-state index contributed by atoms with van der Waals surface area (Å²) in [5.74, 6) is -0.0442. The molecule has 0 unspecified atom stereocenters. The average molecular weight is 374 g/mol. The van der Waals surface area contributed by atoms with Gasteiger partial charge in [-0.05, 0) is 24.6 Å². The van der Waals surface area contributed by atoms with Crippen molar-refractivity contribution in [3.05, 3.63) is 29.3 Å². The molecule has 134 valence electrons. The van der Waals surface area contributed by atoms with Crippen molar-refractivity contribution in [3.8, 4) is 0 Å². The Morgan fingerprint density at radius 1 is 1.25 bits per heavy atom. The number of carbonyl (C=O) groups is 1. The summed E-state index contributed by atoms with van der Waals surface area (Å²) in [7, 11) is -6.29. The first-order chi connectivity index (χ1) is 11.1. The lowest BCUT2D eigenvalue weighted by Gasteiger charge is -2.26. The lowest BCUT2D eigenvalue weighted by Crippen LogP contribution is -2.43. The predicted octanol–water partition coefficient (Wildman–Crippen LogP) is -0.141. The lowest BCUT2D eigenvalue weighted by atomic mass is 10.1. The Bertz CT molecular complexity index is 817. The number of aryl methyl sites for hydroxylation is 1. The Balaban J connectivity index is 1.92. The Kier molecular flexibility index (Phi) is 5.67. The minimum atomic E-state index is -3.38. The molecule has 1 saturated heterocycles. The highest BCUT2D eigenvalue weighted by atomic mass is 32.2. The maximum Gasteiger partial charge on any atom is 0.251 e. The molecular formula is C15H22N2O5S2. The van der Waals surface area contributed by atoms with Crippen molar-refractivity contribution < 1.29 is 21.6 Å². The third-order valence-corrected chi connectivity index (χ3v) is 6.85. The van der Waals surface area contributed by atoms with Crippen LogP contribution in [0.25, 0.3) is 0 Å². The number of nitrogens with one attached hydrogen (secondary N) is 1. The van der Waals surface area contributed by atoms with Crippen LogP contribution >= 0.6 is 0 Å². The second kappa shape index (κ2) is 7.20. The zero-order valence-corrected chi connectivity index (χ0v) is 15.4. The van der Waals surface area contributed by atoms with Crippen LogP contribution in [0.2, 0.25) is 0 Å². The smallest absolute Gasteiger partial charge is 0.251 e. The minimum Gasteiger partial charge on any atom is -0.351 e. The van der Waals surface area contributed by atoms with E-state index in [9.17, 15) is 21.6 Å². The normalized spacial score (nSPS) is 18.2. The van der Waals surface area contributed by atoms with E-state index in [1.165, 1.54) is 6.07 Å². The molecule has 9 heteroatoms. The van der Waals surface area contributed by atoms with E-state index in [4.69, 9.17) is 0 Å². The van der Waals surface area contributed by atoms with Crippen LogP contribution in [0.3, 0.4) is 0 Å². The van der Waals surface area contributed by atoms with Crippen molar-refractivity contribution in [2.45, 2.75) is 11.8 Å². The van der Waals surface area contributed by atoms with Gasteiger partial charge in [0.25, 0.3) is 5.91 Å². The van der Waals surface area contributed by atoms with Crippen LogP contribution in [0.4, 0.5) is 0 Å².